The maximum Gasteiger partial charge on any atom is 0.227 e. The predicted molar refractivity (Wildman–Crippen MR) is 60.8 cm³/mol. The van der Waals surface area contributed by atoms with E-state index in [1.165, 1.54) is 6.92 Å². The van der Waals surface area contributed by atoms with Gasteiger partial charge in [0.15, 0.2) is 0 Å². The number of carbonyl (C=O) groups is 2. The van der Waals surface area contributed by atoms with E-state index in [-0.39, 0.29) is 18.1 Å². The lowest BCUT2D eigenvalue weighted by Gasteiger charge is -2.07. The molecule has 4 heteroatoms. The summed E-state index contributed by atoms with van der Waals surface area (Å²) in [6, 6.07) is 3.86. The van der Waals surface area contributed by atoms with E-state index >= 15 is 0 Å². The SMILES string of the molecule is CCc1cccnc1CNC(=O)CC(C)=O. The third-order valence-corrected chi connectivity index (χ3v) is 2.23. The quantitative estimate of drug-likeness (QED) is 0.759. The number of pyridine rings is 1. The number of nitrogens with one attached hydrogen (secondary N) is 1. The van der Waals surface area contributed by atoms with Crippen molar-refractivity contribution >= 4 is 11.7 Å². The number of hydrogen-bond acceptors (Lipinski definition) is 3. The van der Waals surface area contributed by atoms with E-state index in [0.29, 0.717) is 6.54 Å². The Kier molecular flexibility index (Phi) is 4.64. The molecule has 0 atom stereocenters. The molecule has 1 rings (SSSR count). The Bertz CT molecular complexity index is 388. The lowest BCUT2D eigenvalue weighted by Crippen LogP contribution is -2.25. The molecule has 16 heavy (non-hydrogen) atoms. The van der Waals surface area contributed by atoms with Gasteiger partial charge in [0.05, 0.1) is 18.7 Å². The third kappa shape index (κ3) is 3.81. The van der Waals surface area contributed by atoms with Gasteiger partial charge in [0.25, 0.3) is 0 Å². The molecule has 1 heterocycles. The van der Waals surface area contributed by atoms with Crippen LogP contribution in [0.5, 0.6) is 0 Å². The average Bonchev–Trinajstić information content (AvgIpc) is 2.26. The number of nitrogens with zero attached hydrogens (tertiary/aromatic N) is 1. The fourth-order valence-electron chi connectivity index (χ4n) is 1.42. The van der Waals surface area contributed by atoms with Crippen molar-refractivity contribution in [1.29, 1.82) is 0 Å². The van der Waals surface area contributed by atoms with E-state index < -0.39 is 0 Å². The Morgan fingerprint density at radius 3 is 2.81 bits per heavy atom. The maximum absolute atomic E-state index is 11.3. The second-order valence-electron chi connectivity index (χ2n) is 3.62. The number of amides is 1. The van der Waals surface area contributed by atoms with Crippen LogP contribution < -0.4 is 5.32 Å². The number of carbonyl (C=O) groups excluding carboxylic acids is 2. The van der Waals surface area contributed by atoms with Crippen LogP contribution in [-0.2, 0) is 22.6 Å². The first kappa shape index (κ1) is 12.4. The van der Waals surface area contributed by atoms with Crippen molar-refractivity contribution < 1.29 is 9.59 Å². The van der Waals surface area contributed by atoms with Crippen molar-refractivity contribution in [1.82, 2.24) is 10.3 Å². The van der Waals surface area contributed by atoms with E-state index in [0.717, 1.165) is 17.7 Å². The van der Waals surface area contributed by atoms with Crippen LogP contribution in [0.25, 0.3) is 0 Å². The van der Waals surface area contributed by atoms with Crippen LogP contribution >= 0.6 is 0 Å². The molecule has 1 N–H and O–H groups in total. The molecule has 86 valence electrons. The van der Waals surface area contributed by atoms with E-state index in [2.05, 4.69) is 10.3 Å². The van der Waals surface area contributed by atoms with Gasteiger partial charge in [-0.05, 0) is 25.0 Å². The van der Waals surface area contributed by atoms with Crippen LogP contribution in [0.15, 0.2) is 18.3 Å². The van der Waals surface area contributed by atoms with E-state index in [9.17, 15) is 9.59 Å². The minimum absolute atomic E-state index is 0.0612. The molecule has 4 nitrogen and oxygen atoms in total. The Morgan fingerprint density at radius 1 is 1.44 bits per heavy atom. The second-order valence-corrected chi connectivity index (χ2v) is 3.62. The summed E-state index contributed by atoms with van der Waals surface area (Å²) in [6.45, 7) is 3.83. The molecule has 0 saturated heterocycles. The minimum atomic E-state index is -0.250. The lowest BCUT2D eigenvalue weighted by molar-refractivity contribution is -0.127. The number of ketones is 1. The van der Waals surface area contributed by atoms with Crippen molar-refractivity contribution in [3.63, 3.8) is 0 Å². The van der Waals surface area contributed by atoms with Crippen LogP contribution in [0.4, 0.5) is 0 Å². The molecule has 1 aromatic heterocycles. The molecule has 0 bridgehead atoms. The number of rotatable bonds is 5. The van der Waals surface area contributed by atoms with Gasteiger partial charge < -0.3 is 5.32 Å². The lowest BCUT2D eigenvalue weighted by atomic mass is 10.1. The molecule has 0 aromatic carbocycles. The molecule has 0 saturated carbocycles. The smallest absolute Gasteiger partial charge is 0.227 e. The van der Waals surface area contributed by atoms with Crippen molar-refractivity contribution in [3.05, 3.63) is 29.6 Å². The zero-order chi connectivity index (χ0) is 12.0. The summed E-state index contributed by atoms with van der Waals surface area (Å²) >= 11 is 0. The van der Waals surface area contributed by atoms with Crippen LogP contribution in [0, 0.1) is 0 Å². The Balaban J connectivity index is 2.54. The second kappa shape index (κ2) is 6.00. The van der Waals surface area contributed by atoms with E-state index in [1.54, 1.807) is 6.20 Å². The largest absolute Gasteiger partial charge is 0.350 e. The molecule has 1 aromatic rings. The molecule has 1 amide bonds. The summed E-state index contributed by atoms with van der Waals surface area (Å²) in [7, 11) is 0. The van der Waals surface area contributed by atoms with Gasteiger partial charge in [0.1, 0.15) is 5.78 Å². The topological polar surface area (TPSA) is 59.1 Å². The first-order valence-corrected chi connectivity index (χ1v) is 5.32. The van der Waals surface area contributed by atoms with Crippen molar-refractivity contribution in [2.45, 2.75) is 33.2 Å². The zero-order valence-corrected chi connectivity index (χ0v) is 9.62. The highest BCUT2D eigenvalue weighted by Gasteiger charge is 2.06. The summed E-state index contributed by atoms with van der Waals surface area (Å²) in [5.41, 5.74) is 1.98. The average molecular weight is 220 g/mol. The zero-order valence-electron chi connectivity index (χ0n) is 9.62. The highest BCUT2D eigenvalue weighted by molar-refractivity contribution is 5.96. The molecule has 0 aliphatic carbocycles. The molecular formula is C12H16N2O2. The third-order valence-electron chi connectivity index (χ3n) is 2.23. The highest BCUT2D eigenvalue weighted by atomic mass is 16.2. The Morgan fingerprint density at radius 2 is 2.19 bits per heavy atom. The number of aromatic nitrogens is 1. The molecule has 0 unspecified atom stereocenters. The summed E-state index contributed by atoms with van der Waals surface area (Å²) in [5, 5.41) is 2.68. The van der Waals surface area contributed by atoms with Crippen molar-refractivity contribution in [2.75, 3.05) is 0 Å². The number of hydrogen-bond donors (Lipinski definition) is 1. The minimum Gasteiger partial charge on any atom is -0.350 e. The van der Waals surface area contributed by atoms with Gasteiger partial charge in [-0.25, -0.2) is 0 Å². The summed E-state index contributed by atoms with van der Waals surface area (Å²) in [6.07, 6.45) is 2.52. The van der Waals surface area contributed by atoms with Gasteiger partial charge in [-0.15, -0.1) is 0 Å². The summed E-state index contributed by atoms with van der Waals surface area (Å²) < 4.78 is 0. The Hall–Kier alpha value is -1.71. The fraction of sp³-hybridized carbons (Fsp3) is 0.417. The van der Waals surface area contributed by atoms with Gasteiger partial charge in [-0.2, -0.15) is 0 Å². The van der Waals surface area contributed by atoms with Crippen molar-refractivity contribution in [3.8, 4) is 0 Å². The van der Waals surface area contributed by atoms with Crippen LogP contribution in [0.3, 0.4) is 0 Å². The van der Waals surface area contributed by atoms with E-state index in [1.807, 2.05) is 19.1 Å². The van der Waals surface area contributed by atoms with E-state index in [4.69, 9.17) is 0 Å². The van der Waals surface area contributed by atoms with Gasteiger partial charge in [0, 0.05) is 6.20 Å². The first-order chi connectivity index (χ1) is 7.63. The van der Waals surface area contributed by atoms with Gasteiger partial charge in [-0.3, -0.25) is 14.6 Å². The summed E-state index contributed by atoms with van der Waals surface area (Å²) in [5.74, 6) is -0.380. The molecular weight excluding hydrogens is 204 g/mol. The maximum atomic E-state index is 11.3. The number of Topliss-reactive ketones (excluding diaryl/α,β-unsaturated/α-hetero) is 1. The van der Waals surface area contributed by atoms with Crippen LogP contribution in [0.1, 0.15) is 31.5 Å². The van der Waals surface area contributed by atoms with Gasteiger partial charge in [-0.1, -0.05) is 13.0 Å². The molecule has 0 radical (unpaired) electrons. The van der Waals surface area contributed by atoms with Crippen molar-refractivity contribution in [2.24, 2.45) is 0 Å². The summed E-state index contributed by atoms with van der Waals surface area (Å²) in [4.78, 5) is 26.2. The van der Waals surface area contributed by atoms with Crippen LogP contribution in [0.2, 0.25) is 0 Å². The number of aryl methyl sites for hydroxylation is 1. The normalized spacial score (nSPS) is 9.88. The molecule has 0 aliphatic heterocycles. The van der Waals surface area contributed by atoms with Crippen LogP contribution in [-0.4, -0.2) is 16.7 Å². The Labute approximate surface area is 95.1 Å². The fourth-order valence-corrected chi connectivity index (χ4v) is 1.42. The highest BCUT2D eigenvalue weighted by Crippen LogP contribution is 2.05. The van der Waals surface area contributed by atoms with Gasteiger partial charge >= 0.3 is 0 Å². The molecule has 0 aliphatic rings. The standard InChI is InChI=1S/C12H16N2O2/c1-3-10-5-4-6-13-11(10)8-14-12(16)7-9(2)15/h4-6H,3,7-8H2,1-2H3,(H,14,16). The molecule has 0 spiro atoms. The predicted octanol–water partition coefficient (Wildman–Crippen LogP) is 1.24. The molecule has 0 fully saturated rings. The first-order valence-electron chi connectivity index (χ1n) is 5.32. The van der Waals surface area contributed by atoms with Gasteiger partial charge in [0.2, 0.25) is 5.91 Å². The monoisotopic (exact) mass is 220 g/mol.